The van der Waals surface area contributed by atoms with Crippen LogP contribution in [0.1, 0.15) is 57.4 Å². The van der Waals surface area contributed by atoms with E-state index in [0.29, 0.717) is 19.6 Å². The third kappa shape index (κ3) is 8.06. The highest BCUT2D eigenvalue weighted by Gasteiger charge is 2.23. The highest BCUT2D eigenvalue weighted by Crippen LogP contribution is 2.19. The van der Waals surface area contributed by atoms with Crippen molar-refractivity contribution in [1.82, 2.24) is 15.6 Å². The van der Waals surface area contributed by atoms with Gasteiger partial charge in [-0.3, -0.25) is 4.79 Å². The summed E-state index contributed by atoms with van der Waals surface area (Å²) in [6.07, 6.45) is 8.17. The Kier molecular flexibility index (Phi) is 10.8. The lowest BCUT2D eigenvalue weighted by molar-refractivity contribution is -0.123. The van der Waals surface area contributed by atoms with E-state index >= 15 is 0 Å². The number of rotatable bonds is 14. The molecule has 1 atom stereocenters. The van der Waals surface area contributed by atoms with Crippen LogP contribution < -0.4 is 10.6 Å². The summed E-state index contributed by atoms with van der Waals surface area (Å²) in [5.41, 5.74) is 1.98. The first-order valence-corrected chi connectivity index (χ1v) is 11.0. The number of hydrogen-bond donors (Lipinski definition) is 4. The molecule has 2 aromatic rings. The van der Waals surface area contributed by atoms with Crippen LogP contribution in [0.15, 0.2) is 30.5 Å². The molecule has 0 unspecified atom stereocenters. The smallest absolute Gasteiger partial charge is 0.407 e. The maximum Gasteiger partial charge on any atom is 0.407 e. The van der Waals surface area contributed by atoms with Gasteiger partial charge in [-0.05, 0) is 30.9 Å². The number of carbonyl (C=O) groups is 2. The van der Waals surface area contributed by atoms with E-state index in [2.05, 4.69) is 15.6 Å². The zero-order valence-corrected chi connectivity index (χ0v) is 17.9. The van der Waals surface area contributed by atoms with Gasteiger partial charge in [-0.2, -0.15) is 0 Å². The molecule has 1 aromatic heterocycles. The van der Waals surface area contributed by atoms with Gasteiger partial charge in [0, 0.05) is 36.7 Å². The predicted octanol–water partition coefficient (Wildman–Crippen LogP) is 3.66. The van der Waals surface area contributed by atoms with Crippen LogP contribution in [0, 0.1) is 0 Å². The number of aromatic nitrogens is 1. The maximum absolute atomic E-state index is 12.8. The summed E-state index contributed by atoms with van der Waals surface area (Å²) in [5.74, 6) is -0.205. The van der Waals surface area contributed by atoms with Crippen molar-refractivity contribution in [2.45, 2.75) is 64.3 Å². The minimum Gasteiger partial charge on any atom is -0.450 e. The molecule has 0 saturated carbocycles. The van der Waals surface area contributed by atoms with E-state index in [0.717, 1.165) is 61.4 Å². The van der Waals surface area contributed by atoms with Crippen molar-refractivity contribution < 1.29 is 19.4 Å². The number of para-hydroxylation sites is 1. The molecular weight excluding hydrogens is 382 g/mol. The zero-order chi connectivity index (χ0) is 21.6. The molecule has 0 radical (unpaired) electrons. The average molecular weight is 418 g/mol. The van der Waals surface area contributed by atoms with Gasteiger partial charge < -0.3 is 25.5 Å². The third-order valence-corrected chi connectivity index (χ3v) is 5.07. The molecule has 0 aliphatic rings. The fourth-order valence-electron chi connectivity index (χ4n) is 3.32. The Bertz CT molecular complexity index is 775. The second-order valence-corrected chi connectivity index (χ2v) is 7.53. The standard InChI is InChI=1S/C23H35N3O4/c1-2-3-15-30-23(29)26-21(22(28)24-13-9-5-4-6-10-14-27)16-18-17-25-20-12-8-7-11-19(18)20/h7-8,11-12,17,21,25,27H,2-6,9-10,13-16H2,1H3,(H,24,28)(H,26,29)/t21-/m0/s1. The molecule has 1 aromatic carbocycles. The average Bonchev–Trinajstić information content (AvgIpc) is 3.15. The Balaban J connectivity index is 1.92. The van der Waals surface area contributed by atoms with Gasteiger partial charge in [0.2, 0.25) is 5.91 Å². The number of carbonyl (C=O) groups excluding carboxylic acids is 2. The summed E-state index contributed by atoms with van der Waals surface area (Å²) in [6, 6.07) is 7.20. The van der Waals surface area contributed by atoms with Crippen molar-refractivity contribution in [3.05, 3.63) is 36.0 Å². The number of aliphatic hydroxyl groups excluding tert-OH is 1. The van der Waals surface area contributed by atoms with E-state index in [1.807, 2.05) is 37.4 Å². The van der Waals surface area contributed by atoms with Gasteiger partial charge in [-0.1, -0.05) is 50.8 Å². The number of amides is 2. The summed E-state index contributed by atoms with van der Waals surface area (Å²) >= 11 is 0. The second-order valence-electron chi connectivity index (χ2n) is 7.53. The van der Waals surface area contributed by atoms with Crippen molar-refractivity contribution >= 4 is 22.9 Å². The predicted molar refractivity (Wildman–Crippen MR) is 118 cm³/mol. The first-order valence-electron chi connectivity index (χ1n) is 11.0. The van der Waals surface area contributed by atoms with Gasteiger partial charge in [0.15, 0.2) is 0 Å². The number of benzene rings is 1. The minimum atomic E-state index is -0.701. The van der Waals surface area contributed by atoms with Gasteiger partial charge in [0.05, 0.1) is 6.61 Å². The zero-order valence-electron chi connectivity index (χ0n) is 17.9. The molecule has 0 saturated heterocycles. The number of nitrogens with one attached hydrogen (secondary N) is 3. The lowest BCUT2D eigenvalue weighted by atomic mass is 10.0. The molecule has 1 heterocycles. The van der Waals surface area contributed by atoms with Gasteiger partial charge in [-0.15, -0.1) is 0 Å². The lowest BCUT2D eigenvalue weighted by Gasteiger charge is -2.18. The third-order valence-electron chi connectivity index (χ3n) is 5.07. The second kappa shape index (κ2) is 13.6. The Morgan fingerprint density at radius 3 is 2.67 bits per heavy atom. The fraction of sp³-hybridized carbons (Fsp3) is 0.565. The van der Waals surface area contributed by atoms with Crippen molar-refractivity contribution in [3.8, 4) is 0 Å². The summed E-state index contributed by atoms with van der Waals surface area (Å²) in [5, 5.41) is 15.5. The van der Waals surface area contributed by atoms with Crippen LogP contribution in [0.3, 0.4) is 0 Å². The molecule has 0 aliphatic heterocycles. The molecule has 7 nitrogen and oxygen atoms in total. The molecule has 0 bridgehead atoms. The summed E-state index contributed by atoms with van der Waals surface area (Å²) in [6.45, 7) is 3.16. The van der Waals surface area contributed by atoms with Crippen molar-refractivity contribution in [3.63, 3.8) is 0 Å². The first-order chi connectivity index (χ1) is 14.7. The molecule has 166 valence electrons. The van der Waals surface area contributed by atoms with Crippen molar-refractivity contribution in [1.29, 1.82) is 0 Å². The highest BCUT2D eigenvalue weighted by atomic mass is 16.5. The Morgan fingerprint density at radius 2 is 1.87 bits per heavy atom. The van der Waals surface area contributed by atoms with Crippen LogP contribution in [0.5, 0.6) is 0 Å². The summed E-state index contributed by atoms with van der Waals surface area (Å²) in [4.78, 5) is 28.2. The molecule has 4 N–H and O–H groups in total. The largest absolute Gasteiger partial charge is 0.450 e. The normalized spacial score (nSPS) is 11.9. The number of aliphatic hydroxyl groups is 1. The highest BCUT2D eigenvalue weighted by molar-refractivity contribution is 5.88. The van der Waals surface area contributed by atoms with E-state index in [9.17, 15) is 9.59 Å². The van der Waals surface area contributed by atoms with Crippen LogP contribution in [-0.4, -0.2) is 47.9 Å². The number of fused-ring (bicyclic) bond motifs is 1. The number of unbranched alkanes of at least 4 members (excludes halogenated alkanes) is 5. The molecule has 2 rings (SSSR count). The molecule has 0 fully saturated rings. The van der Waals surface area contributed by atoms with Crippen LogP contribution >= 0.6 is 0 Å². The quantitative estimate of drug-likeness (QED) is 0.352. The number of aromatic amines is 1. The van der Waals surface area contributed by atoms with Gasteiger partial charge in [0.25, 0.3) is 0 Å². The lowest BCUT2D eigenvalue weighted by Crippen LogP contribution is -2.48. The van der Waals surface area contributed by atoms with E-state index in [-0.39, 0.29) is 12.5 Å². The van der Waals surface area contributed by atoms with Gasteiger partial charge >= 0.3 is 6.09 Å². The van der Waals surface area contributed by atoms with Crippen molar-refractivity contribution in [2.75, 3.05) is 19.8 Å². The van der Waals surface area contributed by atoms with Crippen LogP contribution in [-0.2, 0) is 16.0 Å². The number of alkyl carbamates (subject to hydrolysis) is 1. The molecule has 30 heavy (non-hydrogen) atoms. The molecule has 2 amide bonds. The Morgan fingerprint density at radius 1 is 1.10 bits per heavy atom. The Hall–Kier alpha value is -2.54. The van der Waals surface area contributed by atoms with Crippen molar-refractivity contribution in [2.24, 2.45) is 0 Å². The SMILES string of the molecule is CCCCOC(=O)N[C@@H](Cc1c[nH]c2ccccc12)C(=O)NCCCCCCCO. The van der Waals surface area contributed by atoms with Crippen LogP contribution in [0.2, 0.25) is 0 Å². The van der Waals surface area contributed by atoms with E-state index in [4.69, 9.17) is 9.84 Å². The van der Waals surface area contributed by atoms with Crippen LogP contribution in [0.4, 0.5) is 4.79 Å². The number of ether oxygens (including phenoxy) is 1. The van der Waals surface area contributed by atoms with Crippen LogP contribution in [0.25, 0.3) is 10.9 Å². The van der Waals surface area contributed by atoms with Gasteiger partial charge in [-0.25, -0.2) is 4.79 Å². The molecule has 0 spiro atoms. The molecule has 7 heteroatoms. The maximum atomic E-state index is 12.8. The number of H-pyrrole nitrogens is 1. The van der Waals surface area contributed by atoms with Gasteiger partial charge in [0.1, 0.15) is 6.04 Å². The summed E-state index contributed by atoms with van der Waals surface area (Å²) < 4.78 is 5.19. The summed E-state index contributed by atoms with van der Waals surface area (Å²) in [7, 11) is 0. The first kappa shape index (κ1) is 23.7. The fourth-order valence-corrected chi connectivity index (χ4v) is 3.32. The molecular formula is C23H35N3O4. The monoisotopic (exact) mass is 417 g/mol. The minimum absolute atomic E-state index is 0.205. The topological polar surface area (TPSA) is 103 Å². The molecule has 0 aliphatic carbocycles. The van der Waals surface area contributed by atoms with E-state index in [1.54, 1.807) is 0 Å². The van der Waals surface area contributed by atoms with E-state index in [1.165, 1.54) is 0 Å². The van der Waals surface area contributed by atoms with E-state index < -0.39 is 12.1 Å². The number of hydrogen-bond acceptors (Lipinski definition) is 4. The Labute approximate surface area is 178 Å².